The molecule has 1 spiro atoms. The smallest absolute Gasteiger partial charge is 0.281 e. The predicted octanol–water partition coefficient (Wildman–Crippen LogP) is 3.28. The minimum Gasteiger partial charge on any atom is -0.420 e. The second kappa shape index (κ2) is 7.18. The van der Waals surface area contributed by atoms with Gasteiger partial charge in [0.15, 0.2) is 0 Å². The quantitative estimate of drug-likeness (QED) is 0.764. The van der Waals surface area contributed by atoms with E-state index in [0.717, 1.165) is 37.7 Å². The molecule has 2 saturated heterocycles. The van der Waals surface area contributed by atoms with Crippen LogP contribution >= 0.6 is 0 Å². The van der Waals surface area contributed by atoms with E-state index in [9.17, 15) is 8.42 Å². The average Bonchev–Trinajstić information content (AvgIpc) is 3.21. The average molecular weight is 417 g/mol. The lowest BCUT2D eigenvalue weighted by Crippen LogP contribution is -2.49. The van der Waals surface area contributed by atoms with Crippen LogP contribution in [0.15, 0.2) is 34.7 Å². The van der Waals surface area contributed by atoms with E-state index >= 15 is 0 Å². The molecular formula is C21H28N4O3S. The summed E-state index contributed by atoms with van der Waals surface area (Å²) in [6.45, 7) is 4.67. The van der Waals surface area contributed by atoms with Crippen molar-refractivity contribution in [1.82, 2.24) is 18.8 Å². The monoisotopic (exact) mass is 416 g/mol. The Morgan fingerprint density at radius 3 is 2.34 bits per heavy atom. The highest BCUT2D eigenvalue weighted by molar-refractivity contribution is 7.86. The second-order valence-electron chi connectivity index (χ2n) is 8.92. The number of nitrogens with zero attached hydrogens (tertiary/aromatic N) is 4. The van der Waals surface area contributed by atoms with Crippen LogP contribution in [0.1, 0.15) is 50.8 Å². The Kier molecular flexibility index (Phi) is 4.75. The van der Waals surface area contributed by atoms with E-state index in [2.05, 4.69) is 17.1 Å². The molecule has 1 aromatic heterocycles. The lowest BCUT2D eigenvalue weighted by Gasteiger charge is -2.37. The maximum Gasteiger partial charge on any atom is 0.281 e. The summed E-state index contributed by atoms with van der Waals surface area (Å²) in [6.07, 6.45) is 4.66. The number of aromatic nitrogens is 2. The Labute approximate surface area is 172 Å². The Hall–Kier alpha value is -1.77. The number of hydrogen-bond donors (Lipinski definition) is 0. The zero-order chi connectivity index (χ0) is 20.1. The molecule has 0 bridgehead atoms. The Morgan fingerprint density at radius 1 is 1.00 bits per heavy atom. The molecule has 2 aromatic rings. The minimum atomic E-state index is -3.33. The van der Waals surface area contributed by atoms with Crippen molar-refractivity contribution in [2.24, 2.45) is 11.3 Å². The van der Waals surface area contributed by atoms with Gasteiger partial charge in [-0.2, -0.15) is 17.0 Å². The first-order valence-electron chi connectivity index (χ1n) is 10.6. The zero-order valence-corrected chi connectivity index (χ0v) is 17.6. The van der Waals surface area contributed by atoms with E-state index in [1.54, 1.807) is 8.61 Å². The van der Waals surface area contributed by atoms with E-state index < -0.39 is 10.2 Å². The molecule has 156 valence electrons. The maximum atomic E-state index is 13.0. The van der Waals surface area contributed by atoms with Crippen molar-refractivity contribution in [1.29, 1.82) is 0 Å². The molecule has 3 aliphatic rings. The van der Waals surface area contributed by atoms with Crippen LogP contribution in [0.3, 0.4) is 0 Å². The maximum absolute atomic E-state index is 13.0. The summed E-state index contributed by atoms with van der Waals surface area (Å²) < 4.78 is 35.3. The highest BCUT2D eigenvalue weighted by Crippen LogP contribution is 2.64. The molecule has 3 fully saturated rings. The van der Waals surface area contributed by atoms with E-state index in [1.807, 2.05) is 30.3 Å². The molecule has 0 N–H and O–H groups in total. The minimum absolute atomic E-state index is 0.128. The number of rotatable bonds is 4. The fourth-order valence-corrected chi connectivity index (χ4v) is 6.51. The van der Waals surface area contributed by atoms with Crippen LogP contribution in [0, 0.1) is 11.3 Å². The zero-order valence-electron chi connectivity index (χ0n) is 16.8. The van der Waals surface area contributed by atoms with Crippen LogP contribution in [-0.4, -0.2) is 53.4 Å². The van der Waals surface area contributed by atoms with Crippen molar-refractivity contribution in [3.63, 3.8) is 0 Å². The highest BCUT2D eigenvalue weighted by Gasteiger charge is 2.59. The Balaban J connectivity index is 1.22. The van der Waals surface area contributed by atoms with Crippen molar-refractivity contribution in [3.05, 3.63) is 36.2 Å². The summed E-state index contributed by atoms with van der Waals surface area (Å²) in [5.41, 5.74) is 1.06. The molecule has 0 amide bonds. The third kappa shape index (κ3) is 3.51. The third-order valence-corrected chi connectivity index (χ3v) is 9.10. The molecule has 1 saturated carbocycles. The van der Waals surface area contributed by atoms with Gasteiger partial charge in [0.25, 0.3) is 10.2 Å². The third-order valence-electron chi connectivity index (χ3n) is 7.06. The predicted molar refractivity (Wildman–Crippen MR) is 109 cm³/mol. The van der Waals surface area contributed by atoms with Gasteiger partial charge in [-0.1, -0.05) is 25.1 Å². The Morgan fingerprint density at radius 2 is 1.66 bits per heavy atom. The second-order valence-corrected chi connectivity index (χ2v) is 10.8. The van der Waals surface area contributed by atoms with E-state index in [-0.39, 0.29) is 11.3 Å². The van der Waals surface area contributed by atoms with E-state index in [1.165, 1.54) is 0 Å². The van der Waals surface area contributed by atoms with Crippen molar-refractivity contribution in [2.75, 3.05) is 26.2 Å². The summed E-state index contributed by atoms with van der Waals surface area (Å²) in [6, 6.07) is 9.80. The molecule has 7 nitrogen and oxygen atoms in total. The van der Waals surface area contributed by atoms with E-state index in [4.69, 9.17) is 4.42 Å². The molecule has 1 aliphatic carbocycles. The molecule has 1 aromatic carbocycles. The number of piperidine rings is 2. The molecule has 8 heteroatoms. The molecular weight excluding hydrogens is 388 g/mol. The van der Waals surface area contributed by atoms with Gasteiger partial charge in [0, 0.05) is 37.7 Å². The normalized spacial score (nSPS) is 26.0. The molecule has 0 radical (unpaired) electrons. The van der Waals surface area contributed by atoms with Crippen LogP contribution < -0.4 is 0 Å². The fourth-order valence-electron chi connectivity index (χ4n) is 4.86. The molecule has 5 rings (SSSR count). The first kappa shape index (κ1) is 19.2. The summed E-state index contributed by atoms with van der Waals surface area (Å²) >= 11 is 0. The molecule has 1 unspecified atom stereocenters. The van der Waals surface area contributed by atoms with Crippen molar-refractivity contribution in [3.8, 4) is 11.5 Å². The van der Waals surface area contributed by atoms with Crippen LogP contribution in [0.4, 0.5) is 0 Å². The first-order valence-corrected chi connectivity index (χ1v) is 12.0. The molecule has 3 heterocycles. The van der Waals surface area contributed by atoms with Gasteiger partial charge in [-0.3, -0.25) is 0 Å². The summed E-state index contributed by atoms with van der Waals surface area (Å²) in [5.74, 6) is 2.13. The van der Waals surface area contributed by atoms with Gasteiger partial charge >= 0.3 is 0 Å². The number of hydrogen-bond acceptors (Lipinski definition) is 5. The van der Waals surface area contributed by atoms with Crippen LogP contribution in [-0.2, 0) is 10.2 Å². The van der Waals surface area contributed by atoms with Gasteiger partial charge in [-0.25, -0.2) is 0 Å². The van der Waals surface area contributed by atoms with E-state index in [0.29, 0.717) is 43.9 Å². The summed E-state index contributed by atoms with van der Waals surface area (Å²) in [4.78, 5) is 0. The summed E-state index contributed by atoms with van der Waals surface area (Å²) in [5, 5.41) is 8.51. The largest absolute Gasteiger partial charge is 0.420 e. The van der Waals surface area contributed by atoms with Crippen molar-refractivity contribution in [2.45, 2.75) is 44.9 Å². The molecule has 1 atom stereocenters. The van der Waals surface area contributed by atoms with Crippen LogP contribution in [0.5, 0.6) is 0 Å². The lowest BCUT2D eigenvalue weighted by molar-refractivity contribution is 0.217. The Bertz CT molecular complexity index is 959. The van der Waals surface area contributed by atoms with Crippen molar-refractivity contribution < 1.29 is 12.8 Å². The van der Waals surface area contributed by atoms with Gasteiger partial charge in [-0.15, -0.1) is 10.2 Å². The van der Waals surface area contributed by atoms with Crippen molar-refractivity contribution >= 4 is 10.2 Å². The topological polar surface area (TPSA) is 79.5 Å². The standard InChI is InChI=1S/C21H28N4O3S/c1-16-7-11-24(12-8-16)29(26,27)25-13-9-21(10-14-25)15-18(21)20-23-22-19(28-20)17-5-3-2-4-6-17/h2-6,16,18H,7-15H2,1H3. The lowest BCUT2D eigenvalue weighted by atomic mass is 9.92. The van der Waals surface area contributed by atoms with Crippen LogP contribution in [0.2, 0.25) is 0 Å². The fraction of sp³-hybridized carbons (Fsp3) is 0.619. The number of benzene rings is 1. The van der Waals surface area contributed by atoms with Gasteiger partial charge in [0.05, 0.1) is 0 Å². The highest BCUT2D eigenvalue weighted by atomic mass is 32.2. The molecule has 2 aliphatic heterocycles. The van der Waals surface area contributed by atoms with Gasteiger partial charge in [0.1, 0.15) is 0 Å². The molecule has 29 heavy (non-hydrogen) atoms. The van der Waals surface area contributed by atoms with Gasteiger partial charge < -0.3 is 4.42 Å². The SMILES string of the molecule is CC1CCN(S(=O)(=O)N2CCC3(CC2)CC3c2nnc(-c3ccccc3)o2)CC1. The van der Waals surface area contributed by atoms with Gasteiger partial charge in [0.2, 0.25) is 11.8 Å². The first-order chi connectivity index (χ1) is 14.0. The summed E-state index contributed by atoms with van der Waals surface area (Å²) in [7, 11) is -3.33. The van der Waals surface area contributed by atoms with Gasteiger partial charge in [-0.05, 0) is 55.6 Å². The van der Waals surface area contributed by atoms with Crippen LogP contribution in [0.25, 0.3) is 11.5 Å².